The van der Waals surface area contributed by atoms with E-state index in [-0.39, 0.29) is 12.2 Å². The van der Waals surface area contributed by atoms with Crippen molar-refractivity contribution in [3.8, 4) is 5.75 Å². The summed E-state index contributed by atoms with van der Waals surface area (Å²) in [4.78, 5) is 22.0. The van der Waals surface area contributed by atoms with Gasteiger partial charge in [0.1, 0.15) is 5.75 Å². The molecule has 0 aromatic heterocycles. The van der Waals surface area contributed by atoms with E-state index in [9.17, 15) is 9.59 Å². The lowest BCUT2D eigenvalue weighted by Crippen LogP contribution is -2.06. The Kier molecular flexibility index (Phi) is 5.51. The van der Waals surface area contributed by atoms with Crippen LogP contribution in [0.5, 0.6) is 5.75 Å². The van der Waals surface area contributed by atoms with E-state index < -0.39 is 11.9 Å². The molecule has 98 valence electrons. The molecule has 18 heavy (non-hydrogen) atoms. The van der Waals surface area contributed by atoms with E-state index in [4.69, 9.17) is 14.9 Å². The second kappa shape index (κ2) is 6.90. The van der Waals surface area contributed by atoms with Gasteiger partial charge >= 0.3 is 11.9 Å². The molecule has 1 aromatic carbocycles. The lowest BCUT2D eigenvalue weighted by Gasteiger charge is -2.12. The minimum absolute atomic E-state index is 0.109. The average molecular weight is 270 g/mol. The van der Waals surface area contributed by atoms with Gasteiger partial charge < -0.3 is 14.9 Å². The molecule has 0 aliphatic rings. The van der Waals surface area contributed by atoms with Crippen molar-refractivity contribution in [1.82, 2.24) is 0 Å². The smallest absolute Gasteiger partial charge is 0.313 e. The number of rotatable bonds is 7. The Labute approximate surface area is 109 Å². The van der Waals surface area contributed by atoms with Gasteiger partial charge in [-0.1, -0.05) is 6.07 Å². The van der Waals surface area contributed by atoms with Gasteiger partial charge in [0, 0.05) is 10.5 Å². The molecular formula is C12H14O5S. The highest BCUT2D eigenvalue weighted by Gasteiger charge is 2.14. The first kappa shape index (κ1) is 14.4. The van der Waals surface area contributed by atoms with Crippen LogP contribution in [-0.4, -0.2) is 34.5 Å². The summed E-state index contributed by atoms with van der Waals surface area (Å²) in [5, 5.41) is 17.5. The zero-order valence-electron chi connectivity index (χ0n) is 9.88. The van der Waals surface area contributed by atoms with Gasteiger partial charge in [0.05, 0.1) is 18.8 Å². The van der Waals surface area contributed by atoms with Crippen molar-refractivity contribution in [2.45, 2.75) is 18.2 Å². The second-order valence-corrected chi connectivity index (χ2v) is 4.44. The van der Waals surface area contributed by atoms with Gasteiger partial charge in [-0.3, -0.25) is 9.59 Å². The Morgan fingerprint density at radius 3 is 2.56 bits per heavy atom. The number of carboxylic acids is 2. The molecule has 0 aliphatic carbocycles. The van der Waals surface area contributed by atoms with Crippen LogP contribution >= 0.6 is 11.8 Å². The third-order valence-corrected chi connectivity index (χ3v) is 3.15. The molecule has 0 bridgehead atoms. The summed E-state index contributed by atoms with van der Waals surface area (Å²) in [5.74, 6) is -1.53. The van der Waals surface area contributed by atoms with Crippen molar-refractivity contribution in [2.75, 3.05) is 12.4 Å². The van der Waals surface area contributed by atoms with Gasteiger partial charge in [0.2, 0.25) is 0 Å². The van der Waals surface area contributed by atoms with Crippen LogP contribution in [0, 0.1) is 0 Å². The van der Waals surface area contributed by atoms with Crippen molar-refractivity contribution in [3.05, 3.63) is 23.8 Å². The van der Waals surface area contributed by atoms with Crippen LogP contribution in [0.15, 0.2) is 23.1 Å². The maximum Gasteiger partial charge on any atom is 0.313 e. The van der Waals surface area contributed by atoms with Crippen molar-refractivity contribution in [3.63, 3.8) is 0 Å². The first-order valence-electron chi connectivity index (χ1n) is 5.35. The fourth-order valence-corrected chi connectivity index (χ4v) is 2.24. The molecular weight excluding hydrogens is 256 g/mol. The van der Waals surface area contributed by atoms with E-state index in [1.165, 1.54) is 0 Å². The molecule has 0 saturated carbocycles. The maximum atomic E-state index is 10.8. The summed E-state index contributed by atoms with van der Waals surface area (Å²) in [5.41, 5.74) is 0.526. The second-order valence-electron chi connectivity index (χ2n) is 3.42. The van der Waals surface area contributed by atoms with Crippen LogP contribution < -0.4 is 4.74 Å². The predicted octanol–water partition coefficient (Wildman–Crippen LogP) is 1.89. The van der Waals surface area contributed by atoms with Crippen molar-refractivity contribution >= 4 is 23.7 Å². The largest absolute Gasteiger partial charge is 0.494 e. The number of hydrogen-bond donors (Lipinski definition) is 2. The van der Waals surface area contributed by atoms with Gasteiger partial charge in [0.25, 0.3) is 0 Å². The zero-order valence-corrected chi connectivity index (χ0v) is 10.7. The van der Waals surface area contributed by atoms with Gasteiger partial charge in [-0.25, -0.2) is 0 Å². The van der Waals surface area contributed by atoms with E-state index in [1.807, 2.05) is 6.92 Å². The van der Waals surface area contributed by atoms with E-state index in [0.29, 0.717) is 22.8 Å². The highest BCUT2D eigenvalue weighted by molar-refractivity contribution is 8.00. The van der Waals surface area contributed by atoms with E-state index in [1.54, 1.807) is 18.2 Å². The summed E-state index contributed by atoms with van der Waals surface area (Å²) in [7, 11) is 0. The van der Waals surface area contributed by atoms with Crippen LogP contribution in [0.3, 0.4) is 0 Å². The number of ether oxygens (including phenoxy) is 1. The molecule has 0 saturated heterocycles. The highest BCUT2D eigenvalue weighted by Crippen LogP contribution is 2.30. The van der Waals surface area contributed by atoms with Crippen LogP contribution in [0.1, 0.15) is 12.5 Å². The van der Waals surface area contributed by atoms with E-state index in [2.05, 4.69) is 0 Å². The maximum absolute atomic E-state index is 10.8. The summed E-state index contributed by atoms with van der Waals surface area (Å²) >= 11 is 1.09. The van der Waals surface area contributed by atoms with Crippen LogP contribution in [0.2, 0.25) is 0 Å². The Morgan fingerprint density at radius 1 is 1.28 bits per heavy atom. The molecule has 6 heteroatoms. The highest BCUT2D eigenvalue weighted by atomic mass is 32.2. The summed E-state index contributed by atoms with van der Waals surface area (Å²) in [6.07, 6.45) is -0.182. The lowest BCUT2D eigenvalue weighted by atomic mass is 10.1. The predicted molar refractivity (Wildman–Crippen MR) is 67.3 cm³/mol. The molecule has 0 atom stereocenters. The topological polar surface area (TPSA) is 83.8 Å². The Morgan fingerprint density at radius 2 is 2.00 bits per heavy atom. The molecule has 5 nitrogen and oxygen atoms in total. The SMILES string of the molecule is CCOc1cccc(SCC(=O)O)c1CC(=O)O. The Balaban J connectivity index is 3.02. The van der Waals surface area contributed by atoms with Gasteiger partial charge in [-0.15, -0.1) is 11.8 Å². The fourth-order valence-electron chi connectivity index (χ4n) is 1.44. The fraction of sp³-hybridized carbons (Fsp3) is 0.333. The third kappa shape index (κ3) is 4.29. The molecule has 0 spiro atoms. The van der Waals surface area contributed by atoms with Gasteiger partial charge in [-0.05, 0) is 19.1 Å². The molecule has 0 amide bonds. The van der Waals surface area contributed by atoms with Crippen molar-refractivity contribution in [1.29, 1.82) is 0 Å². The number of aliphatic carboxylic acids is 2. The number of benzene rings is 1. The Bertz CT molecular complexity index is 444. The van der Waals surface area contributed by atoms with Gasteiger partial charge in [0.15, 0.2) is 0 Å². The first-order valence-corrected chi connectivity index (χ1v) is 6.34. The van der Waals surface area contributed by atoms with Crippen LogP contribution in [0.4, 0.5) is 0 Å². The summed E-state index contributed by atoms with van der Waals surface area (Å²) in [6, 6.07) is 5.11. The molecule has 1 aromatic rings. The lowest BCUT2D eigenvalue weighted by molar-refractivity contribution is -0.136. The zero-order chi connectivity index (χ0) is 13.5. The molecule has 0 radical (unpaired) electrons. The van der Waals surface area contributed by atoms with E-state index >= 15 is 0 Å². The van der Waals surface area contributed by atoms with Crippen molar-refractivity contribution in [2.24, 2.45) is 0 Å². The standard InChI is InChI=1S/C12H14O5S/c1-2-17-9-4-3-5-10(18-7-12(15)16)8(9)6-11(13)14/h3-5H,2,6-7H2,1H3,(H,13,14)(H,15,16). The van der Waals surface area contributed by atoms with Crippen LogP contribution in [-0.2, 0) is 16.0 Å². The minimum Gasteiger partial charge on any atom is -0.494 e. The molecule has 1 rings (SSSR count). The molecule has 0 fully saturated rings. The molecule has 2 N–H and O–H groups in total. The Hall–Kier alpha value is -1.69. The summed E-state index contributed by atoms with van der Waals surface area (Å²) in [6.45, 7) is 2.24. The monoisotopic (exact) mass is 270 g/mol. The third-order valence-electron chi connectivity index (χ3n) is 2.07. The molecule has 0 aliphatic heterocycles. The quantitative estimate of drug-likeness (QED) is 0.736. The number of carboxylic acid groups (broad SMARTS) is 2. The number of hydrogen-bond acceptors (Lipinski definition) is 4. The number of thioether (sulfide) groups is 1. The van der Waals surface area contributed by atoms with Crippen molar-refractivity contribution < 1.29 is 24.5 Å². The minimum atomic E-state index is -0.973. The first-order chi connectivity index (χ1) is 8.54. The normalized spacial score (nSPS) is 10.1. The van der Waals surface area contributed by atoms with Gasteiger partial charge in [-0.2, -0.15) is 0 Å². The number of carbonyl (C=O) groups is 2. The summed E-state index contributed by atoms with van der Waals surface area (Å²) < 4.78 is 5.36. The molecule has 0 heterocycles. The average Bonchev–Trinajstić information content (AvgIpc) is 2.29. The molecule has 0 unspecified atom stereocenters. The van der Waals surface area contributed by atoms with Crippen LogP contribution in [0.25, 0.3) is 0 Å². The van der Waals surface area contributed by atoms with E-state index in [0.717, 1.165) is 11.8 Å².